The Morgan fingerprint density at radius 3 is 1.68 bits per heavy atom. The van der Waals surface area contributed by atoms with Crippen molar-refractivity contribution in [3.05, 3.63) is 29.1 Å². The van der Waals surface area contributed by atoms with Gasteiger partial charge in [-0.3, -0.25) is 4.98 Å². The molecule has 0 amide bonds. The van der Waals surface area contributed by atoms with E-state index in [-0.39, 0.29) is 0 Å². The average Bonchev–Trinajstić information content (AvgIpc) is 2.50. The van der Waals surface area contributed by atoms with Crippen molar-refractivity contribution >= 4 is 0 Å². The lowest BCUT2D eigenvalue weighted by Crippen LogP contribution is -1.95. The molecule has 0 unspecified atom stereocenters. The monoisotopic (exact) mass is 303 g/mol. The number of aromatic nitrogens is 1. The summed E-state index contributed by atoms with van der Waals surface area (Å²) in [4.78, 5) is 4.55. The molecule has 0 aromatic carbocycles. The largest absolute Gasteiger partial charge is 0.258 e. The minimum Gasteiger partial charge on any atom is -0.258 e. The Labute approximate surface area is 138 Å². The molecular formula is C21H37N. The number of aryl methyl sites for hydroxylation is 3. The van der Waals surface area contributed by atoms with Crippen LogP contribution in [0.3, 0.4) is 0 Å². The Kier molecular flexibility index (Phi) is 11.1. The first-order valence-corrected chi connectivity index (χ1v) is 9.67. The number of hydrogen-bond donors (Lipinski definition) is 0. The maximum absolute atomic E-state index is 4.55. The zero-order valence-corrected chi connectivity index (χ0v) is 15.3. The van der Waals surface area contributed by atoms with Crippen molar-refractivity contribution in [1.29, 1.82) is 0 Å². The lowest BCUT2D eigenvalue weighted by atomic mass is 10.0. The van der Waals surface area contributed by atoms with Crippen molar-refractivity contribution in [3.63, 3.8) is 0 Å². The molecule has 0 aliphatic heterocycles. The van der Waals surface area contributed by atoms with Gasteiger partial charge in [-0.1, -0.05) is 83.6 Å². The number of unbranched alkanes of at least 4 members (excludes halogenated alkanes) is 11. The van der Waals surface area contributed by atoms with Gasteiger partial charge in [-0.2, -0.15) is 0 Å². The fraction of sp³-hybridized carbons (Fsp3) is 0.762. The second-order valence-electron chi connectivity index (χ2n) is 6.84. The highest BCUT2D eigenvalue weighted by Crippen LogP contribution is 2.14. The molecule has 0 saturated carbocycles. The minimum absolute atomic E-state index is 1.14. The van der Waals surface area contributed by atoms with Crippen LogP contribution in [0, 0.1) is 13.8 Å². The molecule has 1 heteroatoms. The molecule has 0 aliphatic carbocycles. The van der Waals surface area contributed by atoms with Crippen LogP contribution in [0.4, 0.5) is 0 Å². The second kappa shape index (κ2) is 12.7. The minimum atomic E-state index is 1.14. The molecule has 1 nitrogen and oxygen atoms in total. The molecule has 126 valence electrons. The SMILES string of the molecule is CCCCCCCCCCCCCCc1ccc(C)nc1C. The smallest absolute Gasteiger partial charge is 0.0407 e. The van der Waals surface area contributed by atoms with Gasteiger partial charge in [-0.15, -0.1) is 0 Å². The van der Waals surface area contributed by atoms with E-state index < -0.39 is 0 Å². The normalized spacial score (nSPS) is 11.0. The zero-order chi connectivity index (χ0) is 16.0. The molecule has 1 aromatic heterocycles. The Morgan fingerprint density at radius 2 is 1.18 bits per heavy atom. The van der Waals surface area contributed by atoms with E-state index in [2.05, 4.69) is 37.9 Å². The van der Waals surface area contributed by atoms with Crippen LogP contribution >= 0.6 is 0 Å². The molecule has 1 rings (SSSR count). The van der Waals surface area contributed by atoms with Gasteiger partial charge in [0.25, 0.3) is 0 Å². The lowest BCUT2D eigenvalue weighted by Gasteiger charge is -2.06. The van der Waals surface area contributed by atoms with Crippen molar-refractivity contribution in [1.82, 2.24) is 4.98 Å². The summed E-state index contributed by atoms with van der Waals surface area (Å²) in [5.41, 5.74) is 3.80. The molecule has 22 heavy (non-hydrogen) atoms. The van der Waals surface area contributed by atoms with E-state index in [4.69, 9.17) is 0 Å². The molecule has 0 radical (unpaired) electrons. The molecule has 1 aromatic rings. The van der Waals surface area contributed by atoms with E-state index >= 15 is 0 Å². The Morgan fingerprint density at radius 1 is 0.682 bits per heavy atom. The standard InChI is InChI=1S/C21H37N/c1-4-5-6-7-8-9-10-11-12-13-14-15-16-21-18-17-19(2)22-20(21)3/h17-18H,4-16H2,1-3H3. The third-order valence-electron chi connectivity index (χ3n) is 4.63. The van der Waals surface area contributed by atoms with Crippen LogP contribution in [-0.4, -0.2) is 4.98 Å². The van der Waals surface area contributed by atoms with E-state index in [1.807, 2.05) is 0 Å². The number of hydrogen-bond acceptors (Lipinski definition) is 1. The van der Waals surface area contributed by atoms with Gasteiger partial charge in [0.15, 0.2) is 0 Å². The molecule has 1 heterocycles. The number of rotatable bonds is 13. The van der Waals surface area contributed by atoms with Gasteiger partial charge in [0.2, 0.25) is 0 Å². The maximum Gasteiger partial charge on any atom is 0.0407 e. The van der Waals surface area contributed by atoms with E-state index in [9.17, 15) is 0 Å². The van der Waals surface area contributed by atoms with Crippen LogP contribution < -0.4 is 0 Å². The van der Waals surface area contributed by atoms with Crippen LogP contribution in [-0.2, 0) is 6.42 Å². The molecular weight excluding hydrogens is 266 g/mol. The van der Waals surface area contributed by atoms with Crippen molar-refractivity contribution in [2.75, 3.05) is 0 Å². The van der Waals surface area contributed by atoms with Crippen LogP contribution in [0.15, 0.2) is 12.1 Å². The van der Waals surface area contributed by atoms with E-state index in [0.717, 1.165) is 5.69 Å². The molecule has 0 atom stereocenters. The fourth-order valence-electron chi connectivity index (χ4n) is 3.14. The van der Waals surface area contributed by atoms with E-state index in [1.54, 1.807) is 0 Å². The topological polar surface area (TPSA) is 12.9 Å². The first kappa shape index (κ1) is 19.2. The third kappa shape index (κ3) is 9.23. The highest BCUT2D eigenvalue weighted by molar-refractivity contribution is 5.21. The van der Waals surface area contributed by atoms with Crippen LogP contribution in [0.1, 0.15) is 101 Å². The Balaban J connectivity index is 1.89. The molecule has 0 aliphatic rings. The summed E-state index contributed by atoms with van der Waals surface area (Å²) in [7, 11) is 0. The summed E-state index contributed by atoms with van der Waals surface area (Å²) < 4.78 is 0. The zero-order valence-electron chi connectivity index (χ0n) is 15.3. The van der Waals surface area contributed by atoms with Crippen molar-refractivity contribution in [2.24, 2.45) is 0 Å². The summed E-state index contributed by atoms with van der Waals surface area (Å²) in [6.45, 7) is 6.50. The van der Waals surface area contributed by atoms with Gasteiger partial charge < -0.3 is 0 Å². The quantitative estimate of drug-likeness (QED) is 0.359. The van der Waals surface area contributed by atoms with Gasteiger partial charge >= 0.3 is 0 Å². The van der Waals surface area contributed by atoms with E-state index in [0.29, 0.717) is 0 Å². The molecule has 0 fully saturated rings. The van der Waals surface area contributed by atoms with Crippen molar-refractivity contribution in [3.8, 4) is 0 Å². The van der Waals surface area contributed by atoms with Gasteiger partial charge in [0.05, 0.1) is 0 Å². The second-order valence-corrected chi connectivity index (χ2v) is 6.84. The first-order chi connectivity index (χ1) is 10.7. The third-order valence-corrected chi connectivity index (χ3v) is 4.63. The predicted octanol–water partition coefficient (Wildman–Crippen LogP) is 6.94. The summed E-state index contributed by atoms with van der Waals surface area (Å²) in [6, 6.07) is 4.40. The van der Waals surface area contributed by atoms with Gasteiger partial charge in [-0.05, 0) is 38.3 Å². The van der Waals surface area contributed by atoms with Gasteiger partial charge in [-0.25, -0.2) is 0 Å². The number of nitrogens with zero attached hydrogens (tertiary/aromatic N) is 1. The van der Waals surface area contributed by atoms with Crippen LogP contribution in [0.25, 0.3) is 0 Å². The molecule has 0 bridgehead atoms. The average molecular weight is 304 g/mol. The summed E-state index contributed by atoms with van der Waals surface area (Å²) in [5, 5.41) is 0. The molecule has 0 N–H and O–H groups in total. The lowest BCUT2D eigenvalue weighted by molar-refractivity contribution is 0.544. The molecule has 0 saturated heterocycles. The highest BCUT2D eigenvalue weighted by Gasteiger charge is 2.00. The summed E-state index contributed by atoms with van der Waals surface area (Å²) >= 11 is 0. The van der Waals surface area contributed by atoms with Crippen LogP contribution in [0.5, 0.6) is 0 Å². The Bertz CT molecular complexity index is 383. The summed E-state index contributed by atoms with van der Waals surface area (Å²) in [5.74, 6) is 0. The van der Waals surface area contributed by atoms with E-state index in [1.165, 1.54) is 94.7 Å². The van der Waals surface area contributed by atoms with Gasteiger partial charge in [0, 0.05) is 11.4 Å². The highest BCUT2D eigenvalue weighted by atomic mass is 14.7. The summed E-state index contributed by atoms with van der Waals surface area (Å²) in [6.07, 6.45) is 18.2. The van der Waals surface area contributed by atoms with Gasteiger partial charge in [0.1, 0.15) is 0 Å². The maximum atomic E-state index is 4.55. The molecule has 0 spiro atoms. The van der Waals surface area contributed by atoms with Crippen molar-refractivity contribution in [2.45, 2.75) is 104 Å². The Hall–Kier alpha value is -0.850. The van der Waals surface area contributed by atoms with Crippen LogP contribution in [0.2, 0.25) is 0 Å². The predicted molar refractivity (Wildman–Crippen MR) is 98.5 cm³/mol. The fourth-order valence-corrected chi connectivity index (χ4v) is 3.14. The van der Waals surface area contributed by atoms with Crippen molar-refractivity contribution < 1.29 is 0 Å². The number of pyridine rings is 1. The first-order valence-electron chi connectivity index (χ1n) is 9.67.